The first-order valence-corrected chi connectivity index (χ1v) is 9.43. The summed E-state index contributed by atoms with van der Waals surface area (Å²) in [4.78, 5) is 14.0. The van der Waals surface area contributed by atoms with E-state index in [9.17, 15) is 4.79 Å². The number of ether oxygens (including phenoxy) is 1. The van der Waals surface area contributed by atoms with Crippen molar-refractivity contribution >= 4 is 17.7 Å². The molecule has 5 heteroatoms. The Hall–Kier alpha value is -1.26. The molecule has 1 aliphatic heterocycles. The molecule has 2 rings (SSSR count). The molecule has 1 unspecified atom stereocenters. The lowest BCUT2D eigenvalue weighted by molar-refractivity contribution is 0.0117. The van der Waals surface area contributed by atoms with E-state index in [1.54, 1.807) is 0 Å². The van der Waals surface area contributed by atoms with E-state index in [0.717, 1.165) is 37.5 Å². The maximum absolute atomic E-state index is 12.2. The highest BCUT2D eigenvalue weighted by atomic mass is 35.5. The van der Waals surface area contributed by atoms with Gasteiger partial charge in [-0.1, -0.05) is 30.7 Å². The standard InChI is InChI=1S/C20H31ClN2O2/c1-15(16-6-8-17(21)9-7-16)22-14-20(5)10-12-23(13-11-20)18(24)25-19(2,3)4/h6-9,15,22H,10-14H2,1-5H3. The van der Waals surface area contributed by atoms with Gasteiger partial charge < -0.3 is 15.0 Å². The minimum absolute atomic E-state index is 0.194. The largest absolute Gasteiger partial charge is 0.444 e. The minimum Gasteiger partial charge on any atom is -0.444 e. The second-order valence-electron chi connectivity index (χ2n) is 8.43. The fourth-order valence-electron chi connectivity index (χ4n) is 3.00. The van der Waals surface area contributed by atoms with Crippen LogP contribution in [0.1, 0.15) is 59.1 Å². The molecule has 0 aromatic heterocycles. The Morgan fingerprint density at radius 1 is 1.28 bits per heavy atom. The molecule has 1 amide bonds. The Morgan fingerprint density at radius 2 is 1.84 bits per heavy atom. The second kappa shape index (κ2) is 7.96. The predicted octanol–water partition coefficient (Wildman–Crippen LogP) is 5.03. The molecule has 4 nitrogen and oxygen atoms in total. The van der Waals surface area contributed by atoms with Crippen LogP contribution in [0.4, 0.5) is 4.79 Å². The van der Waals surface area contributed by atoms with Gasteiger partial charge in [-0.3, -0.25) is 0 Å². The highest BCUT2D eigenvalue weighted by molar-refractivity contribution is 6.30. The molecule has 1 N–H and O–H groups in total. The number of benzene rings is 1. The molecule has 1 aliphatic rings. The SMILES string of the molecule is CC(NCC1(C)CCN(C(=O)OC(C)(C)C)CC1)c1ccc(Cl)cc1. The number of hydrogen-bond donors (Lipinski definition) is 1. The lowest BCUT2D eigenvalue weighted by atomic mass is 9.80. The average Bonchev–Trinajstić information content (AvgIpc) is 2.52. The summed E-state index contributed by atoms with van der Waals surface area (Å²) in [5, 5.41) is 4.39. The molecule has 0 bridgehead atoms. The molecular weight excluding hydrogens is 336 g/mol. The Kier molecular flexibility index (Phi) is 6.39. The summed E-state index contributed by atoms with van der Waals surface area (Å²) in [5.74, 6) is 0. The zero-order chi connectivity index (χ0) is 18.7. The first-order chi connectivity index (χ1) is 11.6. The van der Waals surface area contributed by atoms with Gasteiger partial charge in [0.05, 0.1) is 0 Å². The van der Waals surface area contributed by atoms with Crippen LogP contribution in [0.5, 0.6) is 0 Å². The lowest BCUT2D eigenvalue weighted by Crippen LogP contribution is -2.47. The molecule has 0 spiro atoms. The van der Waals surface area contributed by atoms with E-state index >= 15 is 0 Å². The van der Waals surface area contributed by atoms with Gasteiger partial charge in [-0.2, -0.15) is 0 Å². The Balaban J connectivity index is 1.82. The van der Waals surface area contributed by atoms with Crippen molar-refractivity contribution in [3.05, 3.63) is 34.9 Å². The van der Waals surface area contributed by atoms with Crippen molar-refractivity contribution < 1.29 is 9.53 Å². The van der Waals surface area contributed by atoms with E-state index in [0.29, 0.717) is 0 Å². The molecule has 0 saturated carbocycles. The zero-order valence-electron chi connectivity index (χ0n) is 16.1. The monoisotopic (exact) mass is 366 g/mol. The number of hydrogen-bond acceptors (Lipinski definition) is 3. The normalized spacial score (nSPS) is 18.7. The van der Waals surface area contributed by atoms with Crippen LogP contribution in [0, 0.1) is 5.41 Å². The smallest absolute Gasteiger partial charge is 0.410 e. The highest BCUT2D eigenvalue weighted by Crippen LogP contribution is 2.31. The molecule has 0 aliphatic carbocycles. The van der Waals surface area contributed by atoms with Gasteiger partial charge in [0.15, 0.2) is 0 Å². The Labute approximate surface area is 156 Å². The van der Waals surface area contributed by atoms with Crippen molar-refractivity contribution in [2.75, 3.05) is 19.6 Å². The molecule has 1 aromatic carbocycles. The zero-order valence-corrected chi connectivity index (χ0v) is 16.8. The van der Waals surface area contributed by atoms with E-state index in [-0.39, 0.29) is 17.6 Å². The van der Waals surface area contributed by atoms with Gasteiger partial charge in [-0.05, 0) is 63.6 Å². The van der Waals surface area contributed by atoms with Crippen molar-refractivity contribution in [2.24, 2.45) is 5.41 Å². The number of nitrogens with zero attached hydrogens (tertiary/aromatic N) is 1. The summed E-state index contributed by atoms with van der Waals surface area (Å²) in [6, 6.07) is 8.26. The molecule has 1 aromatic rings. The van der Waals surface area contributed by atoms with Crippen LogP contribution in [-0.4, -0.2) is 36.2 Å². The van der Waals surface area contributed by atoms with Gasteiger partial charge in [-0.25, -0.2) is 4.79 Å². The van der Waals surface area contributed by atoms with Crippen LogP contribution < -0.4 is 5.32 Å². The topological polar surface area (TPSA) is 41.6 Å². The average molecular weight is 367 g/mol. The van der Waals surface area contributed by atoms with Gasteiger partial charge in [0.1, 0.15) is 5.60 Å². The maximum atomic E-state index is 12.2. The van der Waals surface area contributed by atoms with Crippen molar-refractivity contribution in [1.82, 2.24) is 10.2 Å². The third kappa shape index (κ3) is 6.19. The molecule has 1 atom stereocenters. The van der Waals surface area contributed by atoms with E-state index in [2.05, 4.69) is 31.3 Å². The van der Waals surface area contributed by atoms with Crippen LogP contribution in [0.15, 0.2) is 24.3 Å². The molecule has 1 heterocycles. The number of halogens is 1. The summed E-state index contributed by atoms with van der Waals surface area (Å²) in [6.45, 7) is 12.6. The highest BCUT2D eigenvalue weighted by Gasteiger charge is 2.33. The van der Waals surface area contributed by atoms with Crippen LogP contribution in [-0.2, 0) is 4.74 Å². The van der Waals surface area contributed by atoms with Crippen LogP contribution in [0.2, 0.25) is 5.02 Å². The number of amides is 1. The Bertz CT molecular complexity index is 572. The summed E-state index contributed by atoms with van der Waals surface area (Å²) in [6.07, 6.45) is 1.76. The van der Waals surface area contributed by atoms with Crippen molar-refractivity contribution in [3.8, 4) is 0 Å². The summed E-state index contributed by atoms with van der Waals surface area (Å²) in [7, 11) is 0. The third-order valence-electron chi connectivity index (χ3n) is 4.83. The van der Waals surface area contributed by atoms with Crippen LogP contribution >= 0.6 is 11.6 Å². The summed E-state index contributed by atoms with van der Waals surface area (Å²) in [5.41, 5.74) is 0.992. The van der Waals surface area contributed by atoms with E-state index in [4.69, 9.17) is 16.3 Å². The van der Waals surface area contributed by atoms with Crippen molar-refractivity contribution in [3.63, 3.8) is 0 Å². The molecule has 140 valence electrons. The Morgan fingerprint density at radius 3 is 2.36 bits per heavy atom. The van der Waals surface area contributed by atoms with Crippen LogP contribution in [0.25, 0.3) is 0 Å². The minimum atomic E-state index is -0.437. The summed E-state index contributed by atoms with van der Waals surface area (Å²) >= 11 is 5.95. The fraction of sp³-hybridized carbons (Fsp3) is 0.650. The predicted molar refractivity (Wildman–Crippen MR) is 103 cm³/mol. The molecule has 1 saturated heterocycles. The van der Waals surface area contributed by atoms with Crippen molar-refractivity contribution in [2.45, 2.75) is 59.1 Å². The molecule has 25 heavy (non-hydrogen) atoms. The first-order valence-electron chi connectivity index (χ1n) is 9.05. The maximum Gasteiger partial charge on any atom is 0.410 e. The van der Waals surface area contributed by atoms with Crippen LogP contribution in [0.3, 0.4) is 0 Å². The van der Waals surface area contributed by atoms with Gasteiger partial charge in [-0.15, -0.1) is 0 Å². The summed E-state index contributed by atoms with van der Waals surface area (Å²) < 4.78 is 5.47. The van der Waals surface area contributed by atoms with Gasteiger partial charge in [0.2, 0.25) is 0 Å². The number of piperidine rings is 1. The third-order valence-corrected chi connectivity index (χ3v) is 5.08. The first kappa shape index (κ1) is 20.1. The van der Waals surface area contributed by atoms with Gasteiger partial charge in [0, 0.05) is 30.7 Å². The second-order valence-corrected chi connectivity index (χ2v) is 8.87. The van der Waals surface area contributed by atoms with Gasteiger partial charge >= 0.3 is 6.09 Å². The fourth-order valence-corrected chi connectivity index (χ4v) is 3.13. The molecule has 1 fully saturated rings. The van der Waals surface area contributed by atoms with E-state index < -0.39 is 5.60 Å². The number of nitrogens with one attached hydrogen (secondary N) is 1. The quantitative estimate of drug-likeness (QED) is 0.812. The molecule has 0 radical (unpaired) electrons. The van der Waals surface area contributed by atoms with Gasteiger partial charge in [0.25, 0.3) is 0 Å². The molecular formula is C20H31ClN2O2. The number of likely N-dealkylation sites (tertiary alicyclic amines) is 1. The number of carbonyl (C=O) groups is 1. The number of carbonyl (C=O) groups excluding carboxylic acids is 1. The van der Waals surface area contributed by atoms with E-state index in [1.165, 1.54) is 5.56 Å². The lowest BCUT2D eigenvalue weighted by Gasteiger charge is -2.40. The van der Waals surface area contributed by atoms with E-state index in [1.807, 2.05) is 37.8 Å². The van der Waals surface area contributed by atoms with Crippen molar-refractivity contribution in [1.29, 1.82) is 0 Å². The number of rotatable bonds is 4.